The van der Waals surface area contributed by atoms with E-state index in [9.17, 15) is 4.79 Å². The van der Waals surface area contributed by atoms with E-state index in [1.54, 1.807) is 0 Å². The molecule has 0 bridgehead atoms. The van der Waals surface area contributed by atoms with Gasteiger partial charge in [-0.1, -0.05) is 17.7 Å². The van der Waals surface area contributed by atoms with Gasteiger partial charge in [-0.25, -0.2) is 4.98 Å². The molecular weight excluding hydrogens is 260 g/mol. The minimum absolute atomic E-state index is 0.122. The summed E-state index contributed by atoms with van der Waals surface area (Å²) in [6.45, 7) is 2.05. The first-order chi connectivity index (χ1) is 9.06. The number of nitrogens with zero attached hydrogens (tertiary/aromatic N) is 2. The Morgan fingerprint density at radius 2 is 2.05 bits per heavy atom. The molecule has 0 radical (unpaired) electrons. The molecular formula is C14H16N2O2S. The van der Waals surface area contributed by atoms with Crippen LogP contribution in [0.1, 0.15) is 17.7 Å². The van der Waals surface area contributed by atoms with Crippen LogP contribution in [0.4, 0.5) is 10.8 Å². The van der Waals surface area contributed by atoms with Crippen molar-refractivity contribution in [2.75, 3.05) is 11.9 Å². The summed E-state index contributed by atoms with van der Waals surface area (Å²) < 4.78 is 0. The molecule has 100 valence electrons. The Hall–Kier alpha value is -1.88. The van der Waals surface area contributed by atoms with Crippen molar-refractivity contribution in [3.8, 4) is 0 Å². The molecule has 1 aromatic heterocycles. The normalized spacial score (nSPS) is 10.4. The lowest BCUT2D eigenvalue weighted by Crippen LogP contribution is -2.09. The summed E-state index contributed by atoms with van der Waals surface area (Å²) in [4.78, 5) is 17.0. The van der Waals surface area contributed by atoms with Gasteiger partial charge in [0, 0.05) is 24.5 Å². The maximum absolute atomic E-state index is 10.5. The van der Waals surface area contributed by atoms with E-state index < -0.39 is 5.97 Å². The zero-order chi connectivity index (χ0) is 13.8. The van der Waals surface area contributed by atoms with Crippen LogP contribution >= 0.6 is 11.3 Å². The van der Waals surface area contributed by atoms with Crippen molar-refractivity contribution >= 4 is 28.1 Å². The molecule has 0 saturated carbocycles. The highest BCUT2D eigenvalue weighted by Crippen LogP contribution is 2.27. The number of carboxylic acid groups (broad SMARTS) is 1. The molecule has 5 heteroatoms. The van der Waals surface area contributed by atoms with Crippen molar-refractivity contribution in [3.05, 3.63) is 40.9 Å². The van der Waals surface area contributed by atoms with Gasteiger partial charge in [0.25, 0.3) is 0 Å². The molecule has 0 aliphatic carbocycles. The van der Waals surface area contributed by atoms with Gasteiger partial charge >= 0.3 is 5.97 Å². The largest absolute Gasteiger partial charge is 0.481 e. The highest BCUT2D eigenvalue weighted by atomic mass is 32.1. The molecule has 0 atom stereocenters. The standard InChI is InChI=1S/C14H16N2O2S/c1-10-3-6-12(7-4-10)16(2)14-15-11(9-19-14)5-8-13(17)18/h3-4,6-7,9H,5,8H2,1-2H3,(H,17,18). The fourth-order valence-electron chi connectivity index (χ4n) is 1.68. The van der Waals surface area contributed by atoms with Gasteiger partial charge in [0.2, 0.25) is 0 Å². The maximum Gasteiger partial charge on any atom is 0.303 e. The predicted molar refractivity (Wildman–Crippen MR) is 77.3 cm³/mol. The van der Waals surface area contributed by atoms with Crippen LogP contribution in [-0.2, 0) is 11.2 Å². The Balaban J connectivity index is 2.09. The summed E-state index contributed by atoms with van der Waals surface area (Å²) >= 11 is 1.53. The SMILES string of the molecule is Cc1ccc(N(C)c2nc(CCC(=O)O)cs2)cc1. The first-order valence-corrected chi connectivity index (χ1v) is 6.91. The second-order valence-electron chi connectivity index (χ2n) is 4.41. The first kappa shape index (κ1) is 13.5. The van der Waals surface area contributed by atoms with Crippen LogP contribution in [0.5, 0.6) is 0 Å². The van der Waals surface area contributed by atoms with Crippen LogP contribution in [0.25, 0.3) is 0 Å². The summed E-state index contributed by atoms with van der Waals surface area (Å²) in [5.41, 5.74) is 3.13. The van der Waals surface area contributed by atoms with Crippen molar-refractivity contribution < 1.29 is 9.90 Å². The van der Waals surface area contributed by atoms with Crippen LogP contribution in [0.3, 0.4) is 0 Å². The Morgan fingerprint density at radius 3 is 2.68 bits per heavy atom. The summed E-state index contributed by atoms with van der Waals surface area (Å²) in [7, 11) is 1.96. The van der Waals surface area contributed by atoms with Crippen LogP contribution in [0.15, 0.2) is 29.6 Å². The number of aromatic nitrogens is 1. The summed E-state index contributed by atoms with van der Waals surface area (Å²) in [6.07, 6.45) is 0.602. The highest BCUT2D eigenvalue weighted by molar-refractivity contribution is 7.13. The van der Waals surface area contributed by atoms with Gasteiger partial charge < -0.3 is 10.0 Å². The van der Waals surface area contributed by atoms with Crippen molar-refractivity contribution in [1.82, 2.24) is 4.98 Å². The minimum atomic E-state index is -0.790. The van der Waals surface area contributed by atoms with E-state index in [1.807, 2.05) is 29.5 Å². The van der Waals surface area contributed by atoms with Crippen molar-refractivity contribution in [2.24, 2.45) is 0 Å². The molecule has 0 aliphatic heterocycles. The predicted octanol–water partition coefficient (Wildman–Crippen LogP) is 3.24. The van der Waals surface area contributed by atoms with E-state index in [-0.39, 0.29) is 6.42 Å². The Kier molecular flexibility index (Phi) is 4.16. The lowest BCUT2D eigenvalue weighted by Gasteiger charge is -2.15. The summed E-state index contributed by atoms with van der Waals surface area (Å²) in [5.74, 6) is -0.790. The van der Waals surface area contributed by atoms with Gasteiger partial charge in [-0.15, -0.1) is 11.3 Å². The van der Waals surface area contributed by atoms with Crippen LogP contribution in [0, 0.1) is 6.92 Å². The number of carbonyl (C=O) groups is 1. The number of thiazole rings is 1. The monoisotopic (exact) mass is 276 g/mol. The molecule has 2 rings (SSSR count). The van der Waals surface area contributed by atoms with Gasteiger partial charge in [-0.2, -0.15) is 0 Å². The highest BCUT2D eigenvalue weighted by Gasteiger charge is 2.09. The van der Waals surface area contributed by atoms with E-state index in [0.29, 0.717) is 6.42 Å². The molecule has 0 saturated heterocycles. The molecule has 0 amide bonds. The van der Waals surface area contributed by atoms with E-state index in [2.05, 4.69) is 24.0 Å². The number of aliphatic carboxylic acids is 1. The number of hydrogen-bond donors (Lipinski definition) is 1. The molecule has 1 aromatic carbocycles. The molecule has 0 fully saturated rings. The lowest BCUT2D eigenvalue weighted by atomic mass is 10.2. The zero-order valence-electron chi connectivity index (χ0n) is 11.0. The molecule has 0 unspecified atom stereocenters. The molecule has 2 aromatic rings. The molecule has 1 heterocycles. The molecule has 4 nitrogen and oxygen atoms in total. The molecule has 0 spiro atoms. The van der Waals surface area contributed by atoms with Gasteiger partial charge in [-0.05, 0) is 19.1 Å². The molecule has 1 N–H and O–H groups in total. The summed E-state index contributed by atoms with van der Waals surface area (Å²) in [5, 5.41) is 11.5. The second-order valence-corrected chi connectivity index (χ2v) is 5.25. The smallest absolute Gasteiger partial charge is 0.303 e. The first-order valence-electron chi connectivity index (χ1n) is 6.03. The quantitative estimate of drug-likeness (QED) is 0.911. The molecule has 19 heavy (non-hydrogen) atoms. The van der Waals surface area contributed by atoms with Crippen molar-refractivity contribution in [3.63, 3.8) is 0 Å². The third-order valence-electron chi connectivity index (χ3n) is 2.84. The van der Waals surface area contributed by atoms with Crippen molar-refractivity contribution in [2.45, 2.75) is 19.8 Å². The maximum atomic E-state index is 10.5. The van der Waals surface area contributed by atoms with Gasteiger partial charge in [0.05, 0.1) is 12.1 Å². The zero-order valence-corrected chi connectivity index (χ0v) is 11.8. The number of hydrogen-bond acceptors (Lipinski definition) is 4. The van der Waals surface area contributed by atoms with E-state index >= 15 is 0 Å². The number of rotatable bonds is 5. The fraction of sp³-hybridized carbons (Fsp3) is 0.286. The Bertz CT molecular complexity index is 563. The third-order valence-corrected chi connectivity index (χ3v) is 3.81. The van der Waals surface area contributed by atoms with Crippen LogP contribution in [-0.4, -0.2) is 23.1 Å². The van der Waals surface area contributed by atoms with E-state index in [1.165, 1.54) is 16.9 Å². The fourth-order valence-corrected chi connectivity index (χ4v) is 2.52. The van der Waals surface area contributed by atoms with Crippen molar-refractivity contribution in [1.29, 1.82) is 0 Å². The van der Waals surface area contributed by atoms with Crippen LogP contribution in [0.2, 0.25) is 0 Å². The van der Waals surface area contributed by atoms with E-state index in [0.717, 1.165) is 16.5 Å². The lowest BCUT2D eigenvalue weighted by molar-refractivity contribution is -0.136. The number of aryl methyl sites for hydroxylation is 2. The minimum Gasteiger partial charge on any atom is -0.481 e. The van der Waals surface area contributed by atoms with Gasteiger partial charge in [0.1, 0.15) is 0 Å². The number of benzene rings is 1. The second kappa shape index (κ2) is 5.84. The topological polar surface area (TPSA) is 53.4 Å². The summed E-state index contributed by atoms with van der Waals surface area (Å²) in [6, 6.07) is 8.22. The van der Waals surface area contributed by atoms with Gasteiger partial charge in [0.15, 0.2) is 5.13 Å². The molecule has 0 aliphatic rings. The Labute approximate surface area is 116 Å². The average molecular weight is 276 g/mol. The Morgan fingerprint density at radius 1 is 1.37 bits per heavy atom. The number of anilines is 2. The van der Waals surface area contributed by atoms with Gasteiger partial charge in [-0.3, -0.25) is 4.79 Å². The third kappa shape index (κ3) is 3.54. The van der Waals surface area contributed by atoms with Crippen LogP contribution < -0.4 is 4.90 Å². The number of carboxylic acids is 1. The average Bonchev–Trinajstić information content (AvgIpc) is 2.85. The van der Waals surface area contributed by atoms with E-state index in [4.69, 9.17) is 5.11 Å².